The Morgan fingerprint density at radius 2 is 0.979 bits per heavy atom. The van der Waals surface area contributed by atoms with Crippen molar-refractivity contribution in [2.24, 2.45) is 0 Å². The zero-order chi connectivity index (χ0) is 36.2. The Morgan fingerprint density at radius 3 is 1.32 bits per heavy atom. The number of benzene rings is 2. The Hall–Kier alpha value is -2.86. The molecule has 47 heavy (non-hydrogen) atoms. The third-order valence-electron chi connectivity index (χ3n) is 8.44. The highest BCUT2D eigenvalue weighted by Gasteiger charge is 2.27. The van der Waals surface area contributed by atoms with Crippen molar-refractivity contribution in [1.29, 1.82) is 0 Å². The van der Waals surface area contributed by atoms with Crippen LogP contribution in [0.4, 0.5) is 0 Å². The number of aldehydes is 1. The smallest absolute Gasteiger partial charge is 0.220 e. The molecule has 0 unspecified atom stereocenters. The first-order valence-electron chi connectivity index (χ1n) is 17.6. The first-order valence-corrected chi connectivity index (χ1v) is 17.6. The van der Waals surface area contributed by atoms with Crippen molar-refractivity contribution in [2.75, 3.05) is 20.1 Å². The van der Waals surface area contributed by atoms with E-state index in [2.05, 4.69) is 106 Å². The van der Waals surface area contributed by atoms with Gasteiger partial charge in [-0.15, -0.1) is 0 Å². The molecule has 2 aromatic carbocycles. The average molecular weight is 653 g/mol. The van der Waals surface area contributed by atoms with Crippen LogP contribution in [0, 0.1) is 0 Å². The molecule has 0 aliphatic carbocycles. The van der Waals surface area contributed by atoms with Gasteiger partial charge in [-0.1, -0.05) is 120 Å². The van der Waals surface area contributed by atoms with E-state index in [0.717, 1.165) is 72.0 Å². The molecular formula is C41H68N2O4. The number of unbranched alkanes of at least 4 members (excludes halogenated alkanes) is 3. The summed E-state index contributed by atoms with van der Waals surface area (Å²) in [5, 5.41) is 27.5. The topological polar surface area (TPSA) is 98.7 Å². The minimum Gasteiger partial charge on any atom is -0.507 e. The molecule has 0 radical (unpaired) electrons. The summed E-state index contributed by atoms with van der Waals surface area (Å²) in [6.45, 7) is 27.1. The van der Waals surface area contributed by atoms with Crippen molar-refractivity contribution >= 4 is 12.2 Å². The fourth-order valence-corrected chi connectivity index (χ4v) is 5.54. The number of nitrogens with one attached hydrogen (secondary N) is 2. The van der Waals surface area contributed by atoms with E-state index < -0.39 is 0 Å². The van der Waals surface area contributed by atoms with Gasteiger partial charge in [0.05, 0.1) is 0 Å². The average Bonchev–Trinajstić information content (AvgIpc) is 2.93. The Balaban J connectivity index is 0.000000506. The number of phenolic OH excluding ortho intramolecular Hbond substituents is 2. The summed E-state index contributed by atoms with van der Waals surface area (Å²) in [5.41, 5.74) is 5.57. The molecule has 6 heteroatoms. The zero-order valence-corrected chi connectivity index (χ0v) is 32.2. The first kappa shape index (κ1) is 42.2. The van der Waals surface area contributed by atoms with Crippen molar-refractivity contribution < 1.29 is 19.8 Å². The largest absolute Gasteiger partial charge is 0.507 e. The predicted molar refractivity (Wildman–Crippen MR) is 199 cm³/mol. The fourth-order valence-electron chi connectivity index (χ4n) is 5.54. The quantitative estimate of drug-likeness (QED) is 0.128. The monoisotopic (exact) mass is 653 g/mol. The van der Waals surface area contributed by atoms with E-state index >= 15 is 0 Å². The SMILES string of the molecule is CC(C)(C)c1cc(CCC=O)cc(C(C)(C)C)c1O.CNCCCCCCNC(=O)CCc1cc(C(C)(C)C)c(O)c(C(C)(C)C)c1. The van der Waals surface area contributed by atoms with Crippen molar-refractivity contribution in [3.05, 3.63) is 57.6 Å². The number of amides is 1. The molecule has 4 N–H and O–H groups in total. The number of hydrogen-bond donors (Lipinski definition) is 4. The molecule has 6 nitrogen and oxygen atoms in total. The maximum atomic E-state index is 12.2. The summed E-state index contributed by atoms with van der Waals surface area (Å²) in [5.74, 6) is 0.902. The van der Waals surface area contributed by atoms with Crippen LogP contribution in [0.3, 0.4) is 0 Å². The highest BCUT2D eigenvalue weighted by molar-refractivity contribution is 5.76. The summed E-state index contributed by atoms with van der Waals surface area (Å²) in [4.78, 5) is 22.8. The molecule has 0 heterocycles. The van der Waals surface area contributed by atoms with Crippen molar-refractivity contribution in [1.82, 2.24) is 10.6 Å². The Labute approximate surface area is 287 Å². The van der Waals surface area contributed by atoms with Gasteiger partial charge in [-0.2, -0.15) is 0 Å². The van der Waals surface area contributed by atoms with E-state index in [-0.39, 0.29) is 27.6 Å². The number of carbonyl (C=O) groups excluding carboxylic acids is 2. The minimum atomic E-state index is -0.143. The van der Waals surface area contributed by atoms with Gasteiger partial charge in [-0.05, 0) is 94.3 Å². The number of hydrogen-bond acceptors (Lipinski definition) is 5. The normalized spacial score (nSPS) is 12.4. The molecule has 0 fully saturated rings. The maximum absolute atomic E-state index is 12.2. The number of carbonyl (C=O) groups is 2. The molecule has 0 spiro atoms. The zero-order valence-electron chi connectivity index (χ0n) is 32.2. The van der Waals surface area contributed by atoms with Gasteiger partial charge < -0.3 is 25.6 Å². The second-order valence-electron chi connectivity index (χ2n) is 17.2. The predicted octanol–water partition coefficient (Wildman–Crippen LogP) is 8.93. The molecule has 0 aromatic heterocycles. The molecule has 1 amide bonds. The standard InChI is InChI=1S/C24H42N2O2.C17H26O2/c1-23(2,3)19-16-18(17-20(22(19)28)24(4,5)6)12-13-21(27)26-15-11-9-8-10-14-25-7;1-16(2,3)13-10-12(8-7-9-18)11-14(15(13)19)17(4,5)6/h16-17,25,28H,8-15H2,1-7H3,(H,26,27);9-11,19H,7-8H2,1-6H3. The molecule has 0 saturated heterocycles. The summed E-state index contributed by atoms with van der Waals surface area (Å²) in [6.07, 6.45) is 7.97. The van der Waals surface area contributed by atoms with Gasteiger partial charge in [0.2, 0.25) is 5.91 Å². The van der Waals surface area contributed by atoms with Gasteiger partial charge in [0.1, 0.15) is 17.8 Å². The van der Waals surface area contributed by atoms with Crippen LogP contribution < -0.4 is 10.6 Å². The van der Waals surface area contributed by atoms with E-state index in [1.807, 2.05) is 19.2 Å². The lowest BCUT2D eigenvalue weighted by Gasteiger charge is -2.28. The van der Waals surface area contributed by atoms with Crippen LogP contribution in [0.25, 0.3) is 0 Å². The number of aryl methyl sites for hydroxylation is 2. The minimum absolute atomic E-state index is 0.109. The van der Waals surface area contributed by atoms with Crippen molar-refractivity contribution in [3.8, 4) is 11.5 Å². The summed E-state index contributed by atoms with van der Waals surface area (Å²) in [7, 11) is 1.98. The lowest BCUT2D eigenvalue weighted by molar-refractivity contribution is -0.121. The molecule has 0 atom stereocenters. The molecule has 266 valence electrons. The van der Waals surface area contributed by atoms with Crippen LogP contribution in [0.15, 0.2) is 24.3 Å². The molecule has 0 saturated carbocycles. The molecular weight excluding hydrogens is 584 g/mol. The van der Waals surface area contributed by atoms with Crippen molar-refractivity contribution in [2.45, 2.75) is 156 Å². The van der Waals surface area contributed by atoms with E-state index in [4.69, 9.17) is 0 Å². The number of aromatic hydroxyl groups is 2. The highest BCUT2D eigenvalue weighted by atomic mass is 16.3. The Morgan fingerprint density at radius 1 is 0.617 bits per heavy atom. The van der Waals surface area contributed by atoms with Crippen LogP contribution in [0.2, 0.25) is 0 Å². The van der Waals surface area contributed by atoms with Gasteiger partial charge in [-0.3, -0.25) is 4.79 Å². The van der Waals surface area contributed by atoms with E-state index in [9.17, 15) is 19.8 Å². The lowest BCUT2D eigenvalue weighted by Crippen LogP contribution is -2.25. The third kappa shape index (κ3) is 14.4. The molecule has 0 bridgehead atoms. The fraction of sp³-hybridized carbons (Fsp3) is 0.659. The molecule has 0 aliphatic rings. The van der Waals surface area contributed by atoms with Gasteiger partial charge in [0, 0.05) is 19.4 Å². The number of phenols is 2. The Bertz CT molecular complexity index is 1210. The second kappa shape index (κ2) is 18.1. The van der Waals surface area contributed by atoms with Crippen LogP contribution in [0.1, 0.15) is 155 Å². The van der Waals surface area contributed by atoms with Crippen LogP contribution in [0.5, 0.6) is 11.5 Å². The van der Waals surface area contributed by atoms with E-state index in [1.165, 1.54) is 12.8 Å². The summed E-state index contributed by atoms with van der Waals surface area (Å²) >= 11 is 0. The van der Waals surface area contributed by atoms with Crippen LogP contribution in [-0.2, 0) is 44.1 Å². The summed E-state index contributed by atoms with van der Waals surface area (Å²) < 4.78 is 0. The van der Waals surface area contributed by atoms with Gasteiger partial charge >= 0.3 is 0 Å². The van der Waals surface area contributed by atoms with Gasteiger partial charge in [-0.25, -0.2) is 0 Å². The molecule has 2 aromatic rings. The van der Waals surface area contributed by atoms with Crippen LogP contribution in [-0.4, -0.2) is 42.5 Å². The van der Waals surface area contributed by atoms with Crippen LogP contribution >= 0.6 is 0 Å². The maximum Gasteiger partial charge on any atom is 0.220 e. The highest BCUT2D eigenvalue weighted by Crippen LogP contribution is 2.41. The molecule has 0 aliphatic heterocycles. The van der Waals surface area contributed by atoms with E-state index in [1.54, 1.807) is 0 Å². The Kier molecular flexibility index (Phi) is 16.2. The number of rotatable bonds is 13. The third-order valence-corrected chi connectivity index (χ3v) is 8.44. The van der Waals surface area contributed by atoms with Gasteiger partial charge in [0.15, 0.2) is 0 Å². The first-order chi connectivity index (χ1) is 21.5. The lowest BCUT2D eigenvalue weighted by atomic mass is 9.78. The van der Waals surface area contributed by atoms with E-state index in [0.29, 0.717) is 30.8 Å². The summed E-state index contributed by atoms with van der Waals surface area (Å²) in [6, 6.07) is 8.21. The second-order valence-corrected chi connectivity index (χ2v) is 17.2. The van der Waals surface area contributed by atoms with Crippen molar-refractivity contribution in [3.63, 3.8) is 0 Å². The molecule has 2 rings (SSSR count). The van der Waals surface area contributed by atoms with Gasteiger partial charge in [0.25, 0.3) is 0 Å².